The molecule has 1 aromatic heterocycles. The van der Waals surface area contributed by atoms with Gasteiger partial charge in [-0.25, -0.2) is 0 Å². The average Bonchev–Trinajstić information content (AvgIpc) is 3.55. The minimum atomic E-state index is 0.415. The Bertz CT molecular complexity index is 1360. The summed E-state index contributed by atoms with van der Waals surface area (Å²) in [6.07, 6.45) is 4.01. The second-order valence-electron chi connectivity index (χ2n) is 9.93. The maximum atomic E-state index is 6.68. The lowest BCUT2D eigenvalue weighted by atomic mass is 9.88. The van der Waals surface area contributed by atoms with Crippen molar-refractivity contribution >= 4 is 33.7 Å². The smallest absolute Gasteiger partial charge is 0.119 e. The molecule has 36 heavy (non-hydrogen) atoms. The highest BCUT2D eigenvalue weighted by Crippen LogP contribution is 2.38. The van der Waals surface area contributed by atoms with Crippen molar-refractivity contribution in [1.29, 1.82) is 0 Å². The molecule has 0 aliphatic carbocycles. The number of halogens is 1. The minimum Gasteiger partial charge on any atom is -0.492 e. The molecule has 0 unspecified atom stereocenters. The van der Waals surface area contributed by atoms with E-state index in [2.05, 4.69) is 84.4 Å². The molecule has 1 fully saturated rings. The molecule has 4 aromatic rings. The maximum Gasteiger partial charge on any atom is 0.119 e. The first-order valence-electron chi connectivity index (χ1n) is 12.9. The lowest BCUT2D eigenvalue weighted by molar-refractivity contribution is 0.169. The van der Waals surface area contributed by atoms with Crippen molar-refractivity contribution in [3.63, 3.8) is 0 Å². The molecule has 1 N–H and O–H groups in total. The highest BCUT2D eigenvalue weighted by Gasteiger charge is 2.23. The van der Waals surface area contributed by atoms with E-state index in [4.69, 9.17) is 16.3 Å². The van der Waals surface area contributed by atoms with Crippen LogP contribution in [0.15, 0.2) is 72.9 Å². The van der Waals surface area contributed by atoms with Crippen molar-refractivity contribution in [1.82, 2.24) is 15.1 Å². The first kappa shape index (κ1) is 24.6. The van der Waals surface area contributed by atoms with Crippen molar-refractivity contribution < 1.29 is 4.74 Å². The average molecular weight is 500 g/mol. The molecule has 1 aliphatic heterocycles. The number of aromatic amines is 1. The van der Waals surface area contributed by atoms with E-state index in [-0.39, 0.29) is 0 Å². The molecule has 4 nitrogen and oxygen atoms in total. The Kier molecular flexibility index (Phi) is 7.45. The molecule has 0 saturated carbocycles. The summed E-state index contributed by atoms with van der Waals surface area (Å²) < 4.78 is 6.20. The Labute approximate surface area is 218 Å². The van der Waals surface area contributed by atoms with E-state index in [9.17, 15) is 0 Å². The Hall–Kier alpha value is -3.08. The van der Waals surface area contributed by atoms with Gasteiger partial charge in [-0.3, -0.25) is 10.00 Å². The van der Waals surface area contributed by atoms with E-state index in [0.717, 1.165) is 50.7 Å². The van der Waals surface area contributed by atoms with E-state index in [1.54, 1.807) is 0 Å². The van der Waals surface area contributed by atoms with Crippen LogP contribution in [-0.2, 0) is 0 Å². The first-order valence-corrected chi connectivity index (χ1v) is 13.3. The van der Waals surface area contributed by atoms with Crippen LogP contribution < -0.4 is 4.74 Å². The van der Waals surface area contributed by atoms with Crippen molar-refractivity contribution in [3.05, 3.63) is 94.6 Å². The fourth-order valence-electron chi connectivity index (χ4n) is 5.23. The SMILES string of the molecule is CC/C(=C(/c1ccc(OC[C@H](C)N2CC[C@@H](C)C2)cc1)c1ccc2[nH]ncc2c1)c1ccccc1Cl. The number of likely N-dealkylation sites (tertiary alicyclic amines) is 1. The van der Waals surface area contributed by atoms with Gasteiger partial charge in [0.05, 0.1) is 11.7 Å². The van der Waals surface area contributed by atoms with E-state index < -0.39 is 0 Å². The fourth-order valence-corrected chi connectivity index (χ4v) is 5.48. The molecule has 1 saturated heterocycles. The van der Waals surface area contributed by atoms with Crippen LogP contribution in [0.3, 0.4) is 0 Å². The summed E-state index contributed by atoms with van der Waals surface area (Å²) in [5.41, 5.74) is 6.78. The number of ether oxygens (including phenoxy) is 1. The molecule has 186 valence electrons. The van der Waals surface area contributed by atoms with Crippen molar-refractivity contribution in [2.45, 2.75) is 39.7 Å². The Morgan fingerprint density at radius 1 is 1.11 bits per heavy atom. The van der Waals surface area contributed by atoms with Gasteiger partial charge < -0.3 is 4.74 Å². The molecular weight excluding hydrogens is 466 g/mol. The number of hydrogen-bond donors (Lipinski definition) is 1. The van der Waals surface area contributed by atoms with Crippen molar-refractivity contribution in [3.8, 4) is 5.75 Å². The summed E-state index contributed by atoms with van der Waals surface area (Å²) in [7, 11) is 0. The Morgan fingerprint density at radius 3 is 2.61 bits per heavy atom. The predicted molar refractivity (Wildman–Crippen MR) is 151 cm³/mol. The predicted octanol–water partition coefficient (Wildman–Crippen LogP) is 7.69. The van der Waals surface area contributed by atoms with Crippen LogP contribution in [0.25, 0.3) is 22.0 Å². The molecule has 1 aliphatic rings. The van der Waals surface area contributed by atoms with Crippen LogP contribution in [0.5, 0.6) is 5.75 Å². The zero-order valence-corrected chi connectivity index (χ0v) is 22.1. The third kappa shape index (κ3) is 5.21. The van der Waals surface area contributed by atoms with Gasteiger partial charge in [0.15, 0.2) is 0 Å². The summed E-state index contributed by atoms with van der Waals surface area (Å²) in [6, 6.07) is 23.5. The first-order chi connectivity index (χ1) is 17.5. The summed E-state index contributed by atoms with van der Waals surface area (Å²) in [6.45, 7) is 9.81. The lowest BCUT2D eigenvalue weighted by Gasteiger charge is -2.24. The van der Waals surface area contributed by atoms with E-state index in [1.165, 1.54) is 30.7 Å². The number of allylic oxidation sites excluding steroid dienone is 1. The molecule has 0 bridgehead atoms. The molecule has 2 atom stereocenters. The second-order valence-corrected chi connectivity index (χ2v) is 10.3. The maximum absolute atomic E-state index is 6.68. The van der Waals surface area contributed by atoms with Gasteiger partial charge in [-0.1, -0.05) is 61.8 Å². The van der Waals surface area contributed by atoms with E-state index >= 15 is 0 Å². The van der Waals surface area contributed by atoms with Gasteiger partial charge in [0.25, 0.3) is 0 Å². The van der Waals surface area contributed by atoms with Gasteiger partial charge in [-0.15, -0.1) is 0 Å². The molecule has 5 rings (SSSR count). The largest absolute Gasteiger partial charge is 0.492 e. The van der Waals surface area contributed by atoms with E-state index in [0.29, 0.717) is 12.6 Å². The van der Waals surface area contributed by atoms with Gasteiger partial charge in [0.2, 0.25) is 0 Å². The Balaban J connectivity index is 1.48. The molecule has 0 spiro atoms. The quantitative estimate of drug-likeness (QED) is 0.252. The zero-order chi connectivity index (χ0) is 25.1. The van der Waals surface area contributed by atoms with Gasteiger partial charge in [-0.2, -0.15) is 5.10 Å². The van der Waals surface area contributed by atoms with E-state index in [1.807, 2.05) is 24.4 Å². The van der Waals surface area contributed by atoms with Crippen LogP contribution in [0, 0.1) is 5.92 Å². The molecule has 2 heterocycles. The van der Waals surface area contributed by atoms with Crippen LogP contribution in [0.2, 0.25) is 5.02 Å². The minimum absolute atomic E-state index is 0.415. The number of nitrogens with zero attached hydrogens (tertiary/aromatic N) is 2. The van der Waals surface area contributed by atoms with Gasteiger partial charge in [0, 0.05) is 23.0 Å². The van der Waals surface area contributed by atoms with Crippen LogP contribution in [0.4, 0.5) is 0 Å². The number of nitrogens with one attached hydrogen (secondary N) is 1. The zero-order valence-electron chi connectivity index (χ0n) is 21.3. The van der Waals surface area contributed by atoms with Crippen molar-refractivity contribution in [2.75, 3.05) is 19.7 Å². The number of hydrogen-bond acceptors (Lipinski definition) is 3. The highest BCUT2D eigenvalue weighted by molar-refractivity contribution is 6.32. The number of benzene rings is 3. The topological polar surface area (TPSA) is 41.1 Å². The molecular formula is C31H34ClN3O. The number of fused-ring (bicyclic) bond motifs is 1. The molecule has 0 amide bonds. The highest BCUT2D eigenvalue weighted by atomic mass is 35.5. The normalized spacial score (nSPS) is 17.8. The third-order valence-corrected chi connectivity index (χ3v) is 7.63. The number of H-pyrrole nitrogens is 1. The van der Waals surface area contributed by atoms with Crippen molar-refractivity contribution in [2.24, 2.45) is 5.92 Å². The molecule has 3 aromatic carbocycles. The summed E-state index contributed by atoms with van der Waals surface area (Å²) in [4.78, 5) is 2.53. The Morgan fingerprint density at radius 2 is 1.89 bits per heavy atom. The summed E-state index contributed by atoms with van der Waals surface area (Å²) in [5.74, 6) is 1.68. The second kappa shape index (κ2) is 10.9. The van der Waals surface area contributed by atoms with Crippen LogP contribution in [0.1, 0.15) is 50.3 Å². The number of rotatable bonds is 8. The van der Waals surface area contributed by atoms with Crippen LogP contribution >= 0.6 is 11.6 Å². The number of aromatic nitrogens is 2. The van der Waals surface area contributed by atoms with Gasteiger partial charge in [0.1, 0.15) is 12.4 Å². The third-order valence-electron chi connectivity index (χ3n) is 7.30. The fraction of sp³-hybridized carbons (Fsp3) is 0.323. The standard InChI is InChI=1S/C31H34ClN3O/c1-4-27(28-7-5-6-8-29(28)32)31(24-11-14-30-25(17-24)18-33-34-30)23-9-12-26(13-10-23)36-20-22(3)35-16-15-21(2)19-35/h5-14,17-18,21-22H,4,15-16,19-20H2,1-3H3,(H,33,34)/b31-27+/t21-,22+/m1/s1. The van der Waals surface area contributed by atoms with Crippen LogP contribution in [-0.4, -0.2) is 40.8 Å². The monoisotopic (exact) mass is 499 g/mol. The van der Waals surface area contributed by atoms with Gasteiger partial charge in [-0.05, 0) is 90.4 Å². The molecule has 0 radical (unpaired) electrons. The lowest BCUT2D eigenvalue weighted by Crippen LogP contribution is -2.35. The summed E-state index contributed by atoms with van der Waals surface area (Å²) in [5, 5.41) is 9.12. The molecule has 5 heteroatoms. The van der Waals surface area contributed by atoms with Gasteiger partial charge >= 0.3 is 0 Å². The summed E-state index contributed by atoms with van der Waals surface area (Å²) >= 11 is 6.68.